The lowest BCUT2D eigenvalue weighted by Gasteiger charge is -2.32. The molecule has 0 unspecified atom stereocenters. The third kappa shape index (κ3) is 2.72. The van der Waals surface area contributed by atoms with Gasteiger partial charge in [-0.05, 0) is 61.5 Å². The first kappa shape index (κ1) is 12.1. The van der Waals surface area contributed by atoms with Crippen molar-refractivity contribution >= 4 is 11.8 Å². The monoisotopic (exact) mass is 253 g/mol. The summed E-state index contributed by atoms with van der Waals surface area (Å²) in [6, 6.07) is 0. The van der Waals surface area contributed by atoms with Crippen molar-refractivity contribution in [3.8, 4) is 0 Å². The summed E-state index contributed by atoms with van der Waals surface area (Å²) in [4.78, 5) is 0. The number of thioether (sulfide) groups is 1. The molecule has 0 aromatic heterocycles. The Labute approximate surface area is 108 Å². The topological polar surface area (TPSA) is 32.3 Å². The number of aliphatic hydroxyl groups is 1. The van der Waals surface area contributed by atoms with Crippen LogP contribution in [-0.2, 0) is 0 Å². The average Bonchev–Trinajstić information content (AvgIpc) is 2.92. The number of hydrogen-bond acceptors (Lipinski definition) is 3. The van der Waals surface area contributed by atoms with Crippen molar-refractivity contribution in [2.75, 3.05) is 24.6 Å². The molecule has 0 radical (unpaired) electrons. The standard InChI is InChI=1S/C14H23NOS/c16-14(3-5-17-6-4-14)10-15-9-13-8-11-1-2-12(13)7-11/h1-2,11-13,15-16H,3-10H2/t11-,12-,13+/m0/s1. The van der Waals surface area contributed by atoms with Gasteiger partial charge in [-0.3, -0.25) is 0 Å². The smallest absolute Gasteiger partial charge is 0.0787 e. The molecule has 1 heterocycles. The van der Waals surface area contributed by atoms with Gasteiger partial charge in [0.2, 0.25) is 0 Å². The Morgan fingerprint density at radius 2 is 2.06 bits per heavy atom. The van der Waals surface area contributed by atoms with Crippen LogP contribution in [0.5, 0.6) is 0 Å². The predicted molar refractivity (Wildman–Crippen MR) is 73.2 cm³/mol. The van der Waals surface area contributed by atoms with Crippen molar-refractivity contribution in [2.45, 2.75) is 31.3 Å². The zero-order chi connectivity index (χ0) is 11.7. The Balaban J connectivity index is 1.41. The van der Waals surface area contributed by atoms with Gasteiger partial charge >= 0.3 is 0 Å². The summed E-state index contributed by atoms with van der Waals surface area (Å²) >= 11 is 1.97. The zero-order valence-electron chi connectivity index (χ0n) is 10.4. The molecule has 0 aromatic carbocycles. The van der Waals surface area contributed by atoms with Gasteiger partial charge in [0, 0.05) is 6.54 Å². The van der Waals surface area contributed by atoms with Gasteiger partial charge in [-0.1, -0.05) is 12.2 Å². The molecule has 2 N–H and O–H groups in total. The maximum Gasteiger partial charge on any atom is 0.0787 e. The summed E-state index contributed by atoms with van der Waals surface area (Å²) in [5, 5.41) is 13.9. The van der Waals surface area contributed by atoms with E-state index in [1.807, 2.05) is 11.8 Å². The molecular weight excluding hydrogens is 230 g/mol. The summed E-state index contributed by atoms with van der Waals surface area (Å²) in [5.74, 6) is 4.75. The first-order valence-corrected chi connectivity index (χ1v) is 8.10. The van der Waals surface area contributed by atoms with E-state index in [4.69, 9.17) is 0 Å². The molecule has 17 heavy (non-hydrogen) atoms. The van der Waals surface area contributed by atoms with Crippen LogP contribution in [0.15, 0.2) is 12.2 Å². The molecule has 1 aliphatic heterocycles. The van der Waals surface area contributed by atoms with Gasteiger partial charge in [0.1, 0.15) is 0 Å². The molecular formula is C14H23NOS. The minimum Gasteiger partial charge on any atom is -0.389 e. The first-order chi connectivity index (χ1) is 8.25. The Kier molecular flexibility index (Phi) is 3.51. The maximum atomic E-state index is 10.4. The van der Waals surface area contributed by atoms with Crippen LogP contribution in [0.2, 0.25) is 0 Å². The van der Waals surface area contributed by atoms with Gasteiger partial charge in [-0.2, -0.15) is 11.8 Å². The molecule has 2 nitrogen and oxygen atoms in total. The molecule has 0 aromatic rings. The van der Waals surface area contributed by atoms with E-state index in [9.17, 15) is 5.11 Å². The van der Waals surface area contributed by atoms with Crippen LogP contribution >= 0.6 is 11.8 Å². The van der Waals surface area contributed by atoms with E-state index in [-0.39, 0.29) is 0 Å². The Morgan fingerprint density at radius 3 is 2.71 bits per heavy atom. The normalized spacial score (nSPS) is 38.8. The number of nitrogens with one attached hydrogen (secondary N) is 1. The first-order valence-electron chi connectivity index (χ1n) is 6.94. The molecule has 1 saturated carbocycles. The molecule has 2 fully saturated rings. The Bertz CT molecular complexity index is 299. The second kappa shape index (κ2) is 4.94. The highest BCUT2D eigenvalue weighted by Gasteiger charge is 2.36. The fraction of sp³-hybridized carbons (Fsp3) is 0.857. The molecule has 3 heteroatoms. The Morgan fingerprint density at radius 1 is 1.24 bits per heavy atom. The fourth-order valence-electron chi connectivity index (χ4n) is 3.55. The highest BCUT2D eigenvalue weighted by Crippen LogP contribution is 2.43. The molecule has 2 aliphatic carbocycles. The van der Waals surface area contributed by atoms with E-state index < -0.39 is 5.60 Å². The highest BCUT2D eigenvalue weighted by molar-refractivity contribution is 7.99. The van der Waals surface area contributed by atoms with E-state index in [0.29, 0.717) is 0 Å². The second-order valence-electron chi connectivity index (χ2n) is 6.01. The lowest BCUT2D eigenvalue weighted by Crippen LogP contribution is -2.44. The molecule has 0 amide bonds. The van der Waals surface area contributed by atoms with Crippen molar-refractivity contribution in [3.05, 3.63) is 12.2 Å². The average molecular weight is 253 g/mol. The van der Waals surface area contributed by atoms with Crippen LogP contribution in [0.25, 0.3) is 0 Å². The van der Waals surface area contributed by atoms with E-state index in [2.05, 4.69) is 17.5 Å². The van der Waals surface area contributed by atoms with E-state index in [1.54, 1.807) is 0 Å². The van der Waals surface area contributed by atoms with Gasteiger partial charge < -0.3 is 10.4 Å². The quantitative estimate of drug-likeness (QED) is 0.752. The lowest BCUT2D eigenvalue weighted by molar-refractivity contribution is 0.0313. The van der Waals surface area contributed by atoms with E-state index in [1.165, 1.54) is 12.8 Å². The SMILES string of the molecule is OC1(CNC[C@H]2C[C@H]3C=C[C@H]2C3)CCSCC1. The summed E-state index contributed by atoms with van der Waals surface area (Å²) < 4.78 is 0. The summed E-state index contributed by atoms with van der Waals surface area (Å²) in [6.07, 6.45) is 9.47. The largest absolute Gasteiger partial charge is 0.389 e. The molecule has 0 spiro atoms. The van der Waals surface area contributed by atoms with Crippen molar-refractivity contribution < 1.29 is 5.11 Å². The minimum atomic E-state index is -0.418. The zero-order valence-corrected chi connectivity index (χ0v) is 11.2. The summed E-state index contributed by atoms with van der Waals surface area (Å²) in [6.45, 7) is 1.89. The van der Waals surface area contributed by atoms with E-state index >= 15 is 0 Å². The van der Waals surface area contributed by atoms with Gasteiger partial charge in [0.15, 0.2) is 0 Å². The molecule has 3 atom stereocenters. The minimum absolute atomic E-state index is 0.418. The maximum absolute atomic E-state index is 10.4. The van der Waals surface area contributed by atoms with Crippen molar-refractivity contribution in [2.24, 2.45) is 17.8 Å². The van der Waals surface area contributed by atoms with Crippen LogP contribution in [0.4, 0.5) is 0 Å². The highest BCUT2D eigenvalue weighted by atomic mass is 32.2. The van der Waals surface area contributed by atoms with E-state index in [0.717, 1.165) is 55.2 Å². The molecule has 2 bridgehead atoms. The second-order valence-corrected chi connectivity index (χ2v) is 7.23. The third-order valence-electron chi connectivity index (χ3n) is 4.70. The fourth-order valence-corrected chi connectivity index (χ4v) is 4.80. The van der Waals surface area contributed by atoms with Gasteiger partial charge in [0.25, 0.3) is 0 Å². The Hall–Kier alpha value is 0.01000. The van der Waals surface area contributed by atoms with Gasteiger partial charge in [0.05, 0.1) is 5.60 Å². The van der Waals surface area contributed by atoms with Crippen molar-refractivity contribution in [3.63, 3.8) is 0 Å². The predicted octanol–water partition coefficient (Wildman–Crippen LogP) is 2.05. The summed E-state index contributed by atoms with van der Waals surface area (Å²) in [5.41, 5.74) is -0.418. The number of hydrogen-bond donors (Lipinski definition) is 2. The van der Waals surface area contributed by atoms with Crippen molar-refractivity contribution in [1.29, 1.82) is 0 Å². The molecule has 96 valence electrons. The molecule has 3 rings (SSSR count). The van der Waals surface area contributed by atoms with Crippen molar-refractivity contribution in [1.82, 2.24) is 5.32 Å². The molecule has 1 saturated heterocycles. The number of fused-ring (bicyclic) bond motifs is 2. The number of rotatable bonds is 4. The van der Waals surface area contributed by atoms with Crippen LogP contribution in [-0.4, -0.2) is 35.3 Å². The third-order valence-corrected chi connectivity index (χ3v) is 5.69. The lowest BCUT2D eigenvalue weighted by atomic mass is 9.92. The van der Waals surface area contributed by atoms with Crippen LogP contribution in [0, 0.1) is 17.8 Å². The van der Waals surface area contributed by atoms with Gasteiger partial charge in [-0.25, -0.2) is 0 Å². The van der Waals surface area contributed by atoms with Crippen LogP contribution in [0.1, 0.15) is 25.7 Å². The van der Waals surface area contributed by atoms with Gasteiger partial charge in [-0.15, -0.1) is 0 Å². The van der Waals surface area contributed by atoms with Crippen LogP contribution in [0.3, 0.4) is 0 Å². The molecule has 3 aliphatic rings. The number of allylic oxidation sites excluding steroid dienone is 2. The summed E-state index contributed by atoms with van der Waals surface area (Å²) in [7, 11) is 0. The van der Waals surface area contributed by atoms with Crippen LogP contribution < -0.4 is 5.32 Å².